The van der Waals surface area contributed by atoms with E-state index in [2.05, 4.69) is 28.6 Å². The zero-order valence-electron chi connectivity index (χ0n) is 26.9. The average molecular weight is 646 g/mol. The summed E-state index contributed by atoms with van der Waals surface area (Å²) < 4.78 is 12.1. The number of benzene rings is 2. The summed E-state index contributed by atoms with van der Waals surface area (Å²) in [7, 11) is 5.39. The molecule has 2 aliphatic carbocycles. The van der Waals surface area contributed by atoms with E-state index in [-0.39, 0.29) is 30.4 Å². The highest BCUT2D eigenvalue weighted by atomic mass is 35.5. The van der Waals surface area contributed by atoms with Crippen molar-refractivity contribution < 1.29 is 19.1 Å². The number of nitrogens with zero attached hydrogens (tertiary/aromatic N) is 3. The van der Waals surface area contributed by atoms with Gasteiger partial charge in [0, 0.05) is 31.7 Å². The predicted molar refractivity (Wildman–Crippen MR) is 181 cm³/mol. The van der Waals surface area contributed by atoms with Gasteiger partial charge in [-0.1, -0.05) is 23.7 Å². The standard InChI is InChI=1S/C36H44ClN5O4/c1-38-34(43)21-39-27-13-7-23(8-14-27)22-41(2)33-16-15-28(20-40-33)42-35(44)18-25-17-31(45-3)32(46-29-5-4-6-29)19-30(25)36(42)24-9-11-26(37)12-10-24/h9-12,15-17,19-20,23,27,29,36,39H,4-8,13-14,18,21-22H2,1-3H3,(H,38,43)/t23?,27?,36-/m0/s1. The van der Waals surface area contributed by atoms with E-state index in [0.717, 1.165) is 73.3 Å². The molecule has 0 saturated heterocycles. The molecule has 10 heteroatoms. The molecule has 6 rings (SSSR count). The van der Waals surface area contributed by atoms with Gasteiger partial charge in [-0.25, -0.2) is 4.98 Å². The second-order valence-electron chi connectivity index (χ2n) is 12.8. The van der Waals surface area contributed by atoms with Gasteiger partial charge in [0.25, 0.3) is 0 Å². The summed E-state index contributed by atoms with van der Waals surface area (Å²) in [6.45, 7) is 1.28. The molecule has 2 fully saturated rings. The highest BCUT2D eigenvalue weighted by Crippen LogP contribution is 2.44. The summed E-state index contributed by atoms with van der Waals surface area (Å²) in [5, 5.41) is 6.69. The normalized spacial score (nSPS) is 21.3. The number of amides is 2. The predicted octanol–water partition coefficient (Wildman–Crippen LogP) is 5.68. The first-order valence-electron chi connectivity index (χ1n) is 16.4. The molecular formula is C36H44ClN5O4. The summed E-state index contributed by atoms with van der Waals surface area (Å²) >= 11 is 6.28. The lowest BCUT2D eigenvalue weighted by atomic mass is 9.85. The molecule has 3 aromatic rings. The van der Waals surface area contributed by atoms with Crippen LogP contribution in [0.2, 0.25) is 5.02 Å². The molecule has 2 aromatic carbocycles. The quantitative estimate of drug-likeness (QED) is 0.277. The lowest BCUT2D eigenvalue weighted by Gasteiger charge is -2.38. The van der Waals surface area contributed by atoms with Crippen molar-refractivity contribution in [2.75, 3.05) is 44.1 Å². The van der Waals surface area contributed by atoms with Crippen molar-refractivity contribution >= 4 is 34.9 Å². The maximum absolute atomic E-state index is 13.9. The van der Waals surface area contributed by atoms with E-state index >= 15 is 0 Å². The van der Waals surface area contributed by atoms with Crippen LogP contribution in [-0.2, 0) is 16.0 Å². The SMILES string of the molecule is CNC(=O)CNC1CCC(CN(C)c2ccc(N3C(=O)Cc4cc(OC)c(OC5CCC5)cc4[C@@H]3c3ccc(Cl)cc3)cn2)CC1. The molecule has 0 bridgehead atoms. The van der Waals surface area contributed by atoms with Crippen LogP contribution in [0.5, 0.6) is 11.5 Å². The second kappa shape index (κ2) is 14.3. The molecule has 1 atom stereocenters. The first-order chi connectivity index (χ1) is 22.3. The molecule has 46 heavy (non-hydrogen) atoms. The maximum atomic E-state index is 13.9. The Morgan fingerprint density at radius 3 is 2.43 bits per heavy atom. The van der Waals surface area contributed by atoms with Crippen LogP contribution in [0.4, 0.5) is 11.5 Å². The number of anilines is 2. The molecule has 2 amide bonds. The molecule has 244 valence electrons. The number of hydrogen-bond donors (Lipinski definition) is 2. The first kappa shape index (κ1) is 32.1. The van der Waals surface area contributed by atoms with Crippen molar-refractivity contribution in [2.45, 2.75) is 69.6 Å². The minimum absolute atomic E-state index is 0.00754. The Morgan fingerprint density at radius 2 is 1.80 bits per heavy atom. The minimum atomic E-state index is -0.374. The summed E-state index contributed by atoms with van der Waals surface area (Å²) in [6.07, 6.45) is 9.84. The Kier molecular flexibility index (Phi) is 9.99. The number of pyridine rings is 1. The number of hydrogen-bond acceptors (Lipinski definition) is 7. The van der Waals surface area contributed by atoms with Gasteiger partial charge in [0.1, 0.15) is 5.82 Å². The topological polar surface area (TPSA) is 96.0 Å². The summed E-state index contributed by atoms with van der Waals surface area (Å²) in [5.74, 6) is 2.82. The van der Waals surface area contributed by atoms with Crippen LogP contribution in [0.1, 0.15) is 67.7 Å². The van der Waals surface area contributed by atoms with E-state index < -0.39 is 0 Å². The third kappa shape index (κ3) is 7.10. The molecule has 2 N–H and O–H groups in total. The molecule has 2 saturated carbocycles. The zero-order chi connectivity index (χ0) is 32.2. The van der Waals surface area contributed by atoms with E-state index in [1.165, 1.54) is 6.42 Å². The molecule has 9 nitrogen and oxygen atoms in total. The van der Waals surface area contributed by atoms with Gasteiger partial charge in [-0.3, -0.25) is 14.5 Å². The van der Waals surface area contributed by atoms with Crippen molar-refractivity contribution in [3.63, 3.8) is 0 Å². The van der Waals surface area contributed by atoms with Gasteiger partial charge in [-0.2, -0.15) is 0 Å². The van der Waals surface area contributed by atoms with Crippen LogP contribution in [0.25, 0.3) is 0 Å². The molecule has 3 aliphatic rings. The fourth-order valence-electron chi connectivity index (χ4n) is 6.85. The number of carbonyl (C=O) groups excluding carboxylic acids is 2. The lowest BCUT2D eigenvalue weighted by molar-refractivity contribution is -0.120. The van der Waals surface area contributed by atoms with Gasteiger partial charge in [0.15, 0.2) is 11.5 Å². The molecule has 1 aromatic heterocycles. The first-order valence-corrected chi connectivity index (χ1v) is 16.8. The van der Waals surface area contributed by atoms with Gasteiger partial charge < -0.3 is 25.0 Å². The van der Waals surface area contributed by atoms with Crippen LogP contribution in [-0.4, -0.2) is 63.2 Å². The minimum Gasteiger partial charge on any atom is -0.493 e. The fourth-order valence-corrected chi connectivity index (χ4v) is 6.97. The Balaban J connectivity index is 1.21. The summed E-state index contributed by atoms with van der Waals surface area (Å²) in [4.78, 5) is 34.4. The third-order valence-corrected chi connectivity index (χ3v) is 9.98. The van der Waals surface area contributed by atoms with Crippen LogP contribution in [0.15, 0.2) is 54.7 Å². The van der Waals surface area contributed by atoms with Gasteiger partial charge in [0.05, 0.1) is 44.1 Å². The van der Waals surface area contributed by atoms with E-state index in [1.807, 2.05) is 53.6 Å². The summed E-state index contributed by atoms with van der Waals surface area (Å²) in [6, 6.07) is 15.7. The van der Waals surface area contributed by atoms with Crippen LogP contribution < -0.4 is 29.9 Å². The summed E-state index contributed by atoms with van der Waals surface area (Å²) in [5.41, 5.74) is 3.65. The van der Waals surface area contributed by atoms with E-state index in [4.69, 9.17) is 26.1 Å². The molecule has 0 spiro atoms. The number of ether oxygens (including phenoxy) is 2. The Hall–Kier alpha value is -3.82. The van der Waals surface area contributed by atoms with Crippen LogP contribution in [0, 0.1) is 5.92 Å². The fraction of sp³-hybridized carbons (Fsp3) is 0.472. The van der Waals surface area contributed by atoms with E-state index in [9.17, 15) is 9.59 Å². The molecule has 2 heterocycles. The van der Waals surface area contributed by atoms with Crippen molar-refractivity contribution in [3.05, 3.63) is 76.4 Å². The van der Waals surface area contributed by atoms with Gasteiger partial charge in [-0.05, 0) is 104 Å². The number of nitrogens with one attached hydrogen (secondary N) is 2. The highest BCUT2D eigenvalue weighted by molar-refractivity contribution is 6.30. The van der Waals surface area contributed by atoms with Crippen molar-refractivity contribution in [3.8, 4) is 11.5 Å². The molecule has 0 radical (unpaired) electrons. The van der Waals surface area contributed by atoms with Crippen molar-refractivity contribution in [1.82, 2.24) is 15.6 Å². The lowest BCUT2D eigenvalue weighted by Crippen LogP contribution is -2.41. The monoisotopic (exact) mass is 645 g/mol. The van der Waals surface area contributed by atoms with Gasteiger partial charge in [-0.15, -0.1) is 0 Å². The zero-order valence-corrected chi connectivity index (χ0v) is 27.7. The smallest absolute Gasteiger partial charge is 0.233 e. The molecule has 1 aliphatic heterocycles. The third-order valence-electron chi connectivity index (χ3n) is 9.73. The largest absolute Gasteiger partial charge is 0.493 e. The number of halogens is 1. The second-order valence-corrected chi connectivity index (χ2v) is 13.2. The molecular weight excluding hydrogens is 602 g/mol. The van der Waals surface area contributed by atoms with Gasteiger partial charge in [0.2, 0.25) is 11.8 Å². The number of aromatic nitrogens is 1. The Morgan fingerprint density at radius 1 is 1.04 bits per heavy atom. The maximum Gasteiger partial charge on any atom is 0.233 e. The van der Waals surface area contributed by atoms with Crippen molar-refractivity contribution in [2.24, 2.45) is 5.92 Å². The van der Waals surface area contributed by atoms with Crippen LogP contribution >= 0.6 is 11.6 Å². The number of methoxy groups -OCH3 is 1. The Bertz CT molecular complexity index is 1520. The van der Waals surface area contributed by atoms with E-state index in [1.54, 1.807) is 14.2 Å². The van der Waals surface area contributed by atoms with Crippen LogP contribution in [0.3, 0.4) is 0 Å². The number of carbonyl (C=O) groups is 2. The van der Waals surface area contributed by atoms with Gasteiger partial charge >= 0.3 is 0 Å². The van der Waals surface area contributed by atoms with E-state index in [0.29, 0.717) is 35.0 Å². The Labute approximate surface area is 276 Å². The van der Waals surface area contributed by atoms with Crippen molar-refractivity contribution in [1.29, 1.82) is 0 Å². The average Bonchev–Trinajstić information content (AvgIpc) is 3.05. The highest BCUT2D eigenvalue weighted by Gasteiger charge is 2.37. The number of rotatable bonds is 11. The molecule has 0 unspecified atom stereocenters. The number of likely N-dealkylation sites (N-methyl/N-ethyl adjacent to an activating group) is 1. The number of fused-ring (bicyclic) bond motifs is 1.